The summed E-state index contributed by atoms with van der Waals surface area (Å²) >= 11 is 0. The highest BCUT2D eigenvalue weighted by Crippen LogP contribution is 2.22. The molecular formula is C16H18FN7O. The van der Waals surface area contributed by atoms with Crippen molar-refractivity contribution in [3.8, 4) is 11.3 Å². The molecule has 1 amide bonds. The number of carbonyl (C=O) groups excluding carboxylic acids is 1. The minimum atomic E-state index is -0.308. The van der Waals surface area contributed by atoms with Gasteiger partial charge in [-0.3, -0.25) is 14.6 Å². The molecule has 1 aromatic carbocycles. The second kappa shape index (κ2) is 7.22. The third-order valence-corrected chi connectivity index (χ3v) is 3.72. The van der Waals surface area contributed by atoms with Crippen LogP contribution >= 0.6 is 0 Å². The SMILES string of the molecule is CN(Cc1cn[nH]c1-c1ccc(F)cc1)C(=O)c1cn(CCN)nn1. The van der Waals surface area contributed by atoms with Gasteiger partial charge in [-0.15, -0.1) is 5.10 Å². The van der Waals surface area contributed by atoms with Crippen LogP contribution in [0.2, 0.25) is 0 Å². The van der Waals surface area contributed by atoms with E-state index in [0.29, 0.717) is 19.6 Å². The van der Waals surface area contributed by atoms with Crippen molar-refractivity contribution in [1.82, 2.24) is 30.1 Å². The average molecular weight is 343 g/mol. The van der Waals surface area contributed by atoms with Crippen molar-refractivity contribution in [3.63, 3.8) is 0 Å². The molecule has 0 unspecified atom stereocenters. The van der Waals surface area contributed by atoms with Gasteiger partial charge in [0.25, 0.3) is 5.91 Å². The number of aromatic nitrogens is 5. The lowest BCUT2D eigenvalue weighted by atomic mass is 10.1. The zero-order chi connectivity index (χ0) is 17.8. The number of carbonyl (C=O) groups is 1. The number of hydrogen-bond acceptors (Lipinski definition) is 5. The Morgan fingerprint density at radius 2 is 2.12 bits per heavy atom. The number of rotatable bonds is 6. The second-order valence-corrected chi connectivity index (χ2v) is 5.59. The van der Waals surface area contributed by atoms with Gasteiger partial charge in [0.15, 0.2) is 5.69 Å². The molecule has 0 atom stereocenters. The van der Waals surface area contributed by atoms with E-state index in [1.165, 1.54) is 21.7 Å². The van der Waals surface area contributed by atoms with Crippen LogP contribution < -0.4 is 5.73 Å². The van der Waals surface area contributed by atoms with Gasteiger partial charge in [0.2, 0.25) is 0 Å². The molecule has 0 radical (unpaired) electrons. The maximum absolute atomic E-state index is 13.1. The Kier molecular flexibility index (Phi) is 4.85. The summed E-state index contributed by atoms with van der Waals surface area (Å²) in [5, 5.41) is 14.7. The lowest BCUT2D eigenvalue weighted by molar-refractivity contribution is 0.0779. The molecule has 9 heteroatoms. The predicted molar refractivity (Wildman–Crippen MR) is 88.9 cm³/mol. The van der Waals surface area contributed by atoms with Crippen molar-refractivity contribution in [1.29, 1.82) is 0 Å². The summed E-state index contributed by atoms with van der Waals surface area (Å²) in [5.74, 6) is -0.563. The summed E-state index contributed by atoms with van der Waals surface area (Å²) in [6, 6.07) is 6.08. The van der Waals surface area contributed by atoms with E-state index in [0.717, 1.165) is 16.8 Å². The van der Waals surface area contributed by atoms with Gasteiger partial charge in [-0.25, -0.2) is 4.39 Å². The van der Waals surface area contributed by atoms with E-state index in [4.69, 9.17) is 5.73 Å². The Bertz CT molecular complexity index is 856. The number of nitrogens with two attached hydrogens (primary N) is 1. The zero-order valence-corrected chi connectivity index (χ0v) is 13.7. The number of hydrogen-bond donors (Lipinski definition) is 2. The molecular weight excluding hydrogens is 325 g/mol. The molecule has 3 aromatic rings. The average Bonchev–Trinajstić information content (AvgIpc) is 3.25. The van der Waals surface area contributed by atoms with E-state index < -0.39 is 0 Å². The number of aromatic amines is 1. The standard InChI is InChI=1S/C16H18FN7O/c1-23(16(25)14-10-24(7-6-18)22-20-14)9-12-8-19-21-15(12)11-2-4-13(17)5-3-11/h2-5,8,10H,6-7,9,18H2,1H3,(H,19,21). The van der Waals surface area contributed by atoms with Crippen molar-refractivity contribution in [2.45, 2.75) is 13.1 Å². The van der Waals surface area contributed by atoms with E-state index in [1.807, 2.05) is 0 Å². The predicted octanol–water partition coefficient (Wildman–Crippen LogP) is 1.04. The fourth-order valence-electron chi connectivity index (χ4n) is 2.46. The fourth-order valence-corrected chi connectivity index (χ4v) is 2.46. The Balaban J connectivity index is 1.74. The third-order valence-electron chi connectivity index (χ3n) is 3.72. The number of nitrogens with one attached hydrogen (secondary N) is 1. The molecule has 0 saturated heterocycles. The van der Waals surface area contributed by atoms with Gasteiger partial charge >= 0.3 is 0 Å². The van der Waals surface area contributed by atoms with Gasteiger partial charge in [0.1, 0.15) is 5.82 Å². The quantitative estimate of drug-likeness (QED) is 0.695. The molecule has 3 N–H and O–H groups in total. The van der Waals surface area contributed by atoms with Crippen LogP contribution in [0, 0.1) is 5.82 Å². The normalized spacial score (nSPS) is 10.8. The molecule has 25 heavy (non-hydrogen) atoms. The number of halogens is 1. The van der Waals surface area contributed by atoms with Crippen LogP contribution in [0.15, 0.2) is 36.7 Å². The molecule has 0 aliphatic rings. The summed E-state index contributed by atoms with van der Waals surface area (Å²) < 4.78 is 14.6. The number of nitrogens with zero attached hydrogens (tertiary/aromatic N) is 5. The first-order chi connectivity index (χ1) is 12.1. The van der Waals surface area contributed by atoms with Gasteiger partial charge < -0.3 is 10.6 Å². The van der Waals surface area contributed by atoms with Crippen LogP contribution in [-0.4, -0.2) is 49.6 Å². The Labute approximate surface area is 143 Å². The Hall–Kier alpha value is -3.07. The number of amides is 1. The molecule has 0 aliphatic carbocycles. The maximum atomic E-state index is 13.1. The van der Waals surface area contributed by atoms with Crippen molar-refractivity contribution in [3.05, 3.63) is 53.7 Å². The van der Waals surface area contributed by atoms with E-state index >= 15 is 0 Å². The fraction of sp³-hybridized carbons (Fsp3) is 0.250. The maximum Gasteiger partial charge on any atom is 0.276 e. The van der Waals surface area contributed by atoms with Gasteiger partial charge in [-0.1, -0.05) is 5.21 Å². The van der Waals surface area contributed by atoms with E-state index in [1.54, 1.807) is 31.6 Å². The molecule has 130 valence electrons. The molecule has 8 nitrogen and oxygen atoms in total. The van der Waals surface area contributed by atoms with Gasteiger partial charge in [-0.05, 0) is 24.3 Å². The number of H-pyrrole nitrogens is 1. The summed E-state index contributed by atoms with van der Waals surface area (Å²) in [7, 11) is 1.67. The summed E-state index contributed by atoms with van der Waals surface area (Å²) in [4.78, 5) is 14.0. The minimum absolute atomic E-state index is 0.253. The molecule has 0 spiro atoms. The molecule has 2 heterocycles. The summed E-state index contributed by atoms with van der Waals surface area (Å²) in [6.07, 6.45) is 3.22. The van der Waals surface area contributed by atoms with Crippen LogP contribution in [0.1, 0.15) is 16.1 Å². The Morgan fingerprint density at radius 3 is 2.84 bits per heavy atom. The highest BCUT2D eigenvalue weighted by Gasteiger charge is 2.18. The molecule has 0 saturated carbocycles. The molecule has 0 bridgehead atoms. The van der Waals surface area contributed by atoms with Crippen LogP contribution in [0.25, 0.3) is 11.3 Å². The smallest absolute Gasteiger partial charge is 0.276 e. The van der Waals surface area contributed by atoms with E-state index in [9.17, 15) is 9.18 Å². The van der Waals surface area contributed by atoms with Crippen LogP contribution in [0.5, 0.6) is 0 Å². The highest BCUT2D eigenvalue weighted by molar-refractivity contribution is 5.91. The Morgan fingerprint density at radius 1 is 1.36 bits per heavy atom. The first kappa shape index (κ1) is 16.8. The van der Waals surface area contributed by atoms with Crippen LogP contribution in [-0.2, 0) is 13.1 Å². The highest BCUT2D eigenvalue weighted by atomic mass is 19.1. The first-order valence-corrected chi connectivity index (χ1v) is 7.72. The first-order valence-electron chi connectivity index (χ1n) is 7.72. The lowest BCUT2D eigenvalue weighted by Crippen LogP contribution is -2.26. The summed E-state index contributed by atoms with van der Waals surface area (Å²) in [5.41, 5.74) is 8.07. The molecule has 3 rings (SSSR count). The van der Waals surface area contributed by atoms with Crippen molar-refractivity contribution >= 4 is 5.91 Å². The number of benzene rings is 1. The molecule has 0 aliphatic heterocycles. The van der Waals surface area contributed by atoms with Gasteiger partial charge in [0.05, 0.1) is 24.6 Å². The second-order valence-electron chi connectivity index (χ2n) is 5.59. The lowest BCUT2D eigenvalue weighted by Gasteiger charge is -2.15. The van der Waals surface area contributed by atoms with Crippen molar-refractivity contribution in [2.75, 3.05) is 13.6 Å². The molecule has 2 aromatic heterocycles. The van der Waals surface area contributed by atoms with E-state index in [-0.39, 0.29) is 17.4 Å². The van der Waals surface area contributed by atoms with E-state index in [2.05, 4.69) is 20.5 Å². The van der Waals surface area contributed by atoms with Crippen LogP contribution in [0.3, 0.4) is 0 Å². The topological polar surface area (TPSA) is 106 Å². The monoisotopic (exact) mass is 343 g/mol. The van der Waals surface area contributed by atoms with Crippen LogP contribution in [0.4, 0.5) is 4.39 Å². The third kappa shape index (κ3) is 3.72. The van der Waals surface area contributed by atoms with Crippen molar-refractivity contribution < 1.29 is 9.18 Å². The van der Waals surface area contributed by atoms with Crippen molar-refractivity contribution in [2.24, 2.45) is 5.73 Å². The molecule has 0 fully saturated rings. The summed E-state index contributed by atoms with van der Waals surface area (Å²) in [6.45, 7) is 1.25. The van der Waals surface area contributed by atoms with Gasteiger partial charge in [0, 0.05) is 31.3 Å². The minimum Gasteiger partial charge on any atom is -0.336 e. The zero-order valence-electron chi connectivity index (χ0n) is 13.7. The largest absolute Gasteiger partial charge is 0.336 e. The van der Waals surface area contributed by atoms with Gasteiger partial charge in [-0.2, -0.15) is 5.10 Å².